The summed E-state index contributed by atoms with van der Waals surface area (Å²) in [5, 5.41) is 9.45. The Morgan fingerprint density at radius 1 is 1.53 bits per heavy atom. The zero-order chi connectivity index (χ0) is 12.3. The van der Waals surface area contributed by atoms with Crippen molar-refractivity contribution in [3.8, 4) is 0 Å². The third-order valence-corrected chi connectivity index (χ3v) is 3.67. The van der Waals surface area contributed by atoms with Gasteiger partial charge in [0.1, 0.15) is 5.82 Å². The van der Waals surface area contributed by atoms with Gasteiger partial charge in [-0.15, -0.1) is 0 Å². The van der Waals surface area contributed by atoms with Gasteiger partial charge >= 0.3 is 0 Å². The third kappa shape index (κ3) is 2.97. The predicted octanol–water partition coefficient (Wildman–Crippen LogP) is 2.76. The van der Waals surface area contributed by atoms with Crippen molar-refractivity contribution >= 4 is 5.82 Å². The van der Waals surface area contributed by atoms with Crippen molar-refractivity contribution in [1.29, 1.82) is 0 Å². The van der Waals surface area contributed by atoms with Gasteiger partial charge in [-0.3, -0.25) is 0 Å². The average Bonchev–Trinajstić information content (AvgIpc) is 2.39. The van der Waals surface area contributed by atoms with Crippen LogP contribution in [0.25, 0.3) is 0 Å². The van der Waals surface area contributed by atoms with Gasteiger partial charge in [0.05, 0.1) is 6.10 Å². The molecule has 1 aliphatic rings. The van der Waals surface area contributed by atoms with Crippen molar-refractivity contribution in [2.75, 3.05) is 18.0 Å². The van der Waals surface area contributed by atoms with Gasteiger partial charge in [0.2, 0.25) is 0 Å². The third-order valence-electron chi connectivity index (χ3n) is 3.67. The molecule has 2 rings (SSSR count). The second-order valence-corrected chi connectivity index (χ2v) is 4.99. The molecule has 1 unspecified atom stereocenters. The number of nitrogens with zero attached hydrogens (tertiary/aromatic N) is 2. The van der Waals surface area contributed by atoms with E-state index in [1.807, 2.05) is 12.1 Å². The first-order valence-corrected chi connectivity index (χ1v) is 6.59. The van der Waals surface area contributed by atoms with Crippen molar-refractivity contribution in [1.82, 2.24) is 4.98 Å². The Morgan fingerprint density at radius 2 is 2.35 bits per heavy atom. The van der Waals surface area contributed by atoms with Crippen molar-refractivity contribution < 1.29 is 5.11 Å². The fraction of sp³-hybridized carbons (Fsp3) is 0.643. The Bertz CT molecular complexity index is 348. The molecule has 2 heterocycles. The fourth-order valence-electron chi connectivity index (χ4n) is 2.44. The number of hydrogen-bond acceptors (Lipinski definition) is 3. The lowest BCUT2D eigenvalue weighted by Crippen LogP contribution is -2.35. The molecule has 3 heteroatoms. The zero-order valence-corrected chi connectivity index (χ0v) is 10.8. The quantitative estimate of drug-likeness (QED) is 0.873. The molecule has 1 aromatic rings. The first kappa shape index (κ1) is 12.4. The van der Waals surface area contributed by atoms with Crippen LogP contribution in [-0.4, -0.2) is 23.2 Å². The molecule has 0 aromatic carbocycles. The van der Waals surface area contributed by atoms with Crippen LogP contribution in [0.4, 0.5) is 5.82 Å². The second-order valence-electron chi connectivity index (χ2n) is 4.99. The number of hydrogen-bond donors (Lipinski definition) is 1. The molecule has 0 radical (unpaired) electrons. The van der Waals surface area contributed by atoms with Crippen molar-refractivity contribution in [2.24, 2.45) is 5.92 Å². The number of aliphatic hydroxyl groups excluding tert-OH is 1. The Morgan fingerprint density at radius 3 is 2.94 bits per heavy atom. The lowest BCUT2D eigenvalue weighted by Gasteiger charge is -2.33. The first-order chi connectivity index (χ1) is 8.20. The summed E-state index contributed by atoms with van der Waals surface area (Å²) < 4.78 is 0. The monoisotopic (exact) mass is 234 g/mol. The van der Waals surface area contributed by atoms with Gasteiger partial charge in [0.25, 0.3) is 0 Å². The minimum Gasteiger partial charge on any atom is -0.389 e. The van der Waals surface area contributed by atoms with Crippen molar-refractivity contribution in [3.63, 3.8) is 0 Å². The molecule has 94 valence electrons. The van der Waals surface area contributed by atoms with Crippen LogP contribution in [0.2, 0.25) is 0 Å². The highest BCUT2D eigenvalue weighted by molar-refractivity contribution is 5.40. The molecular weight excluding hydrogens is 212 g/mol. The number of piperidine rings is 1. The lowest BCUT2D eigenvalue weighted by atomic mass is 9.96. The molecule has 0 spiro atoms. The van der Waals surface area contributed by atoms with Crippen molar-refractivity contribution in [3.05, 3.63) is 23.9 Å². The standard InChI is InChI=1S/C14H22N2O/c1-3-12-5-4-8-16(10-12)14-7-6-13(9-15-14)11(2)17/h6-7,9,11-12,17H,3-5,8,10H2,1-2H3/t11-,12?/m0/s1. The van der Waals surface area contributed by atoms with Gasteiger partial charge in [0.15, 0.2) is 0 Å². The van der Waals surface area contributed by atoms with Crippen LogP contribution in [-0.2, 0) is 0 Å². The maximum Gasteiger partial charge on any atom is 0.128 e. The molecule has 3 nitrogen and oxygen atoms in total. The van der Waals surface area contributed by atoms with Crippen LogP contribution in [0, 0.1) is 5.92 Å². The summed E-state index contributed by atoms with van der Waals surface area (Å²) in [6.07, 6.45) is 5.22. The van der Waals surface area contributed by atoms with Crippen LogP contribution in [0.3, 0.4) is 0 Å². The highest BCUT2D eigenvalue weighted by atomic mass is 16.3. The minimum atomic E-state index is -0.429. The summed E-state index contributed by atoms with van der Waals surface area (Å²) in [4.78, 5) is 6.82. The van der Waals surface area contributed by atoms with E-state index < -0.39 is 6.10 Å². The Kier molecular flexibility index (Phi) is 4.00. The Hall–Kier alpha value is -1.09. The number of aliphatic hydroxyl groups is 1. The second kappa shape index (κ2) is 5.50. The van der Waals surface area contributed by atoms with E-state index in [0.717, 1.165) is 30.4 Å². The average molecular weight is 234 g/mol. The maximum absolute atomic E-state index is 9.45. The number of aromatic nitrogens is 1. The van der Waals surface area contributed by atoms with E-state index >= 15 is 0 Å². The summed E-state index contributed by atoms with van der Waals surface area (Å²) in [5.74, 6) is 1.86. The molecule has 1 N–H and O–H groups in total. The summed E-state index contributed by atoms with van der Waals surface area (Å²) in [6.45, 7) is 6.26. The van der Waals surface area contributed by atoms with E-state index in [-0.39, 0.29) is 0 Å². The van der Waals surface area contributed by atoms with E-state index in [2.05, 4.69) is 16.8 Å². The summed E-state index contributed by atoms with van der Waals surface area (Å²) >= 11 is 0. The largest absolute Gasteiger partial charge is 0.389 e. The van der Waals surface area contributed by atoms with Gasteiger partial charge < -0.3 is 10.0 Å². The molecule has 2 atom stereocenters. The first-order valence-electron chi connectivity index (χ1n) is 6.59. The number of rotatable bonds is 3. The smallest absolute Gasteiger partial charge is 0.128 e. The molecule has 0 aliphatic carbocycles. The van der Waals surface area contributed by atoms with Gasteiger partial charge in [-0.1, -0.05) is 19.4 Å². The highest BCUT2D eigenvalue weighted by Gasteiger charge is 2.19. The lowest BCUT2D eigenvalue weighted by molar-refractivity contribution is 0.199. The van der Waals surface area contributed by atoms with Gasteiger partial charge in [0, 0.05) is 19.3 Å². The topological polar surface area (TPSA) is 36.4 Å². The highest BCUT2D eigenvalue weighted by Crippen LogP contribution is 2.24. The molecule has 0 bridgehead atoms. The normalized spacial score (nSPS) is 22.5. The Balaban J connectivity index is 2.06. The molecule has 0 saturated carbocycles. The van der Waals surface area contributed by atoms with E-state index in [1.165, 1.54) is 19.3 Å². The van der Waals surface area contributed by atoms with Crippen LogP contribution < -0.4 is 4.90 Å². The zero-order valence-electron chi connectivity index (χ0n) is 10.8. The summed E-state index contributed by atoms with van der Waals surface area (Å²) in [6, 6.07) is 4.00. The molecule has 1 aliphatic heterocycles. The molecular formula is C14H22N2O. The van der Waals surface area contributed by atoms with Crippen LogP contribution >= 0.6 is 0 Å². The number of pyridine rings is 1. The van der Waals surface area contributed by atoms with Crippen molar-refractivity contribution in [2.45, 2.75) is 39.2 Å². The molecule has 1 aromatic heterocycles. The maximum atomic E-state index is 9.45. The van der Waals surface area contributed by atoms with E-state index in [1.54, 1.807) is 13.1 Å². The van der Waals surface area contributed by atoms with Gasteiger partial charge in [-0.05, 0) is 37.3 Å². The molecule has 1 saturated heterocycles. The van der Waals surface area contributed by atoms with E-state index in [4.69, 9.17) is 0 Å². The molecule has 0 amide bonds. The predicted molar refractivity (Wildman–Crippen MR) is 70.1 cm³/mol. The minimum absolute atomic E-state index is 0.429. The summed E-state index contributed by atoms with van der Waals surface area (Å²) in [7, 11) is 0. The Labute approximate surface area is 103 Å². The fourth-order valence-corrected chi connectivity index (χ4v) is 2.44. The van der Waals surface area contributed by atoms with Gasteiger partial charge in [-0.25, -0.2) is 4.98 Å². The van der Waals surface area contributed by atoms with Crippen LogP contribution in [0.1, 0.15) is 44.8 Å². The van der Waals surface area contributed by atoms with Crippen LogP contribution in [0.15, 0.2) is 18.3 Å². The number of anilines is 1. The summed E-state index contributed by atoms with van der Waals surface area (Å²) in [5.41, 5.74) is 0.887. The molecule has 1 fully saturated rings. The van der Waals surface area contributed by atoms with E-state index in [9.17, 15) is 5.11 Å². The van der Waals surface area contributed by atoms with E-state index in [0.29, 0.717) is 0 Å². The van der Waals surface area contributed by atoms with Crippen LogP contribution in [0.5, 0.6) is 0 Å². The van der Waals surface area contributed by atoms with Gasteiger partial charge in [-0.2, -0.15) is 0 Å². The molecule has 17 heavy (non-hydrogen) atoms. The SMILES string of the molecule is CCC1CCCN(c2ccc([C@H](C)O)cn2)C1.